The van der Waals surface area contributed by atoms with Crippen molar-refractivity contribution in [2.75, 3.05) is 0 Å². The summed E-state index contributed by atoms with van der Waals surface area (Å²) in [6, 6.07) is 37.4. The predicted octanol–water partition coefficient (Wildman–Crippen LogP) is 7.38. The van der Waals surface area contributed by atoms with Gasteiger partial charge in [-0.3, -0.25) is 0 Å². The average molecular weight is 608 g/mol. The van der Waals surface area contributed by atoms with Crippen LogP contribution in [0.3, 0.4) is 0 Å². The maximum Gasteiger partial charge on any atom is 0.0280 e. The molecule has 3 heteroatoms. The topological polar surface area (TPSA) is 25.8 Å². The summed E-state index contributed by atoms with van der Waals surface area (Å²) in [5, 5.41) is 0. The second-order valence-corrected chi connectivity index (χ2v) is 7.23. The molecule has 0 unspecified atom stereocenters. The molecule has 0 saturated heterocycles. The molecule has 5 aromatic rings. The van der Waals surface area contributed by atoms with Gasteiger partial charge in [-0.25, -0.2) is 0 Å². The van der Waals surface area contributed by atoms with E-state index in [1.807, 2.05) is 54.7 Å². The van der Waals surface area contributed by atoms with Crippen molar-refractivity contribution in [2.45, 2.75) is 13.8 Å². The van der Waals surface area contributed by atoms with Crippen LogP contribution < -0.4 is 0 Å². The summed E-state index contributed by atoms with van der Waals surface area (Å²) in [7, 11) is 0. The van der Waals surface area contributed by atoms with Gasteiger partial charge in [0.1, 0.15) is 0 Å². The molecule has 2 nitrogen and oxygen atoms in total. The summed E-state index contributed by atoms with van der Waals surface area (Å²) in [6.07, 6.45) is 3.32. The normalized spacial score (nSPS) is 11.6. The third-order valence-electron chi connectivity index (χ3n) is 4.95. The van der Waals surface area contributed by atoms with Crippen molar-refractivity contribution in [2.24, 2.45) is 0 Å². The molecule has 0 bridgehead atoms. The molecule has 0 aliphatic carbocycles. The first-order valence-electron chi connectivity index (χ1n) is 11.8. The number of hydrogen-bond donors (Lipinski definition) is 0. The van der Waals surface area contributed by atoms with Crippen molar-refractivity contribution in [3.63, 3.8) is 0 Å². The van der Waals surface area contributed by atoms with E-state index in [-0.39, 0.29) is 25.7 Å². The predicted molar refractivity (Wildman–Crippen MR) is 132 cm³/mol. The number of pyridine rings is 2. The molecule has 0 aliphatic heterocycles. The van der Waals surface area contributed by atoms with Crippen LogP contribution in [0.1, 0.15) is 15.2 Å². The Morgan fingerprint density at radius 1 is 0.667 bits per heavy atom. The Labute approximate surface area is 214 Å². The molecule has 2 heterocycles. The zero-order valence-electron chi connectivity index (χ0n) is 21.1. The number of rotatable bonds is 3. The van der Waals surface area contributed by atoms with Crippen LogP contribution in [0.15, 0.2) is 109 Å². The van der Waals surface area contributed by atoms with Crippen molar-refractivity contribution >= 4 is 0 Å². The van der Waals surface area contributed by atoms with Gasteiger partial charge in [0.2, 0.25) is 0 Å². The molecule has 0 atom stereocenters. The number of benzene rings is 3. The molecule has 0 N–H and O–H groups in total. The van der Waals surface area contributed by atoms with E-state index >= 15 is 0 Å². The summed E-state index contributed by atoms with van der Waals surface area (Å²) < 4.78 is 21.7. The molecule has 1 radical (unpaired) electrons. The molecule has 0 amide bonds. The summed E-state index contributed by atoms with van der Waals surface area (Å²) in [5.74, 6) is 0. The van der Waals surface area contributed by atoms with Gasteiger partial charge >= 0.3 is 0 Å². The Morgan fingerprint density at radius 3 is 1.76 bits per heavy atom. The zero-order valence-corrected chi connectivity index (χ0v) is 20.5. The Bertz CT molecular complexity index is 1350. The Hall–Kier alpha value is -3.39. The number of aromatic nitrogens is 2. The van der Waals surface area contributed by atoms with Gasteiger partial charge in [-0.05, 0) is 47.4 Å². The van der Waals surface area contributed by atoms with Crippen LogP contribution in [-0.2, 0) is 20.1 Å². The van der Waals surface area contributed by atoms with E-state index in [1.54, 1.807) is 18.2 Å². The molecule has 2 aromatic heterocycles. The number of aryl methyl sites for hydroxylation is 2. The van der Waals surface area contributed by atoms with E-state index in [0.29, 0.717) is 0 Å². The minimum Gasteiger partial charge on any atom is -0.304 e. The smallest absolute Gasteiger partial charge is 0.0280 e. The van der Waals surface area contributed by atoms with E-state index in [1.165, 1.54) is 17.3 Å². The summed E-state index contributed by atoms with van der Waals surface area (Å²) in [5.41, 5.74) is 7.48. The third-order valence-corrected chi connectivity index (χ3v) is 4.95. The molecule has 165 valence electrons. The Balaban J connectivity index is 0.000000198. The van der Waals surface area contributed by atoms with E-state index < -0.39 is 6.85 Å². The molecule has 3 aromatic carbocycles. The van der Waals surface area contributed by atoms with Gasteiger partial charge in [-0.2, -0.15) is 0 Å². The second-order valence-electron chi connectivity index (χ2n) is 7.23. The SMILES string of the molecule is Cc1ccccc1-c1ccc(-c2[c-]cccc2)nc1.[2H]C([2H])([2H])c1ccc(-c2[c-]cccc2)nc1.[Ir]. The van der Waals surface area contributed by atoms with Crippen molar-refractivity contribution in [3.8, 4) is 33.6 Å². The van der Waals surface area contributed by atoms with Crippen LogP contribution in [0, 0.1) is 25.9 Å². The molecular weight excluding hydrogens is 581 g/mol. The summed E-state index contributed by atoms with van der Waals surface area (Å²) >= 11 is 0. The fourth-order valence-electron chi connectivity index (χ4n) is 3.27. The van der Waals surface area contributed by atoms with Crippen LogP contribution in [0.25, 0.3) is 33.6 Å². The first kappa shape index (κ1) is 20.2. The molecule has 0 saturated carbocycles. The van der Waals surface area contributed by atoms with Crippen LogP contribution in [0.5, 0.6) is 0 Å². The largest absolute Gasteiger partial charge is 0.304 e. The quantitative estimate of drug-likeness (QED) is 0.200. The van der Waals surface area contributed by atoms with Crippen molar-refractivity contribution < 1.29 is 24.2 Å². The standard InChI is InChI=1S/C18H14N.C12H10N.Ir/c1-14-7-5-6-10-17(14)16-11-12-18(19-13-16)15-8-3-2-4-9-15;1-10-7-8-12(13-9-10)11-5-3-2-4-6-11;/h2-8,10-13H,1H3;2-5,7-9H,1H3;/q2*-1;/i;1D3;. The molecule has 0 spiro atoms. The van der Waals surface area contributed by atoms with E-state index in [9.17, 15) is 0 Å². The van der Waals surface area contributed by atoms with Crippen LogP contribution in [-0.4, -0.2) is 9.97 Å². The van der Waals surface area contributed by atoms with Crippen molar-refractivity contribution in [1.29, 1.82) is 0 Å². The monoisotopic (exact) mass is 608 g/mol. The zero-order chi connectivity index (χ0) is 24.7. The van der Waals surface area contributed by atoms with Crippen LogP contribution in [0.2, 0.25) is 0 Å². The minimum atomic E-state index is -2.09. The maximum atomic E-state index is 7.23. The second kappa shape index (κ2) is 12.0. The number of nitrogens with zero attached hydrogens (tertiary/aromatic N) is 2. The molecule has 0 fully saturated rings. The Kier molecular flexibility index (Phi) is 7.36. The van der Waals surface area contributed by atoms with Crippen LogP contribution >= 0.6 is 0 Å². The molecular formula is C30H24IrN2-2. The minimum absolute atomic E-state index is 0. The van der Waals surface area contributed by atoms with Gasteiger partial charge < -0.3 is 9.97 Å². The van der Waals surface area contributed by atoms with E-state index in [4.69, 9.17) is 4.11 Å². The first-order valence-corrected chi connectivity index (χ1v) is 10.3. The maximum absolute atomic E-state index is 7.23. The first-order chi connectivity index (χ1) is 16.9. The fourth-order valence-corrected chi connectivity index (χ4v) is 3.27. The summed E-state index contributed by atoms with van der Waals surface area (Å²) in [4.78, 5) is 8.66. The van der Waals surface area contributed by atoms with Crippen LogP contribution in [0.4, 0.5) is 0 Å². The fraction of sp³-hybridized carbons (Fsp3) is 0.0667. The average Bonchev–Trinajstić information content (AvgIpc) is 2.90. The van der Waals surface area contributed by atoms with Gasteiger partial charge in [0.15, 0.2) is 0 Å². The van der Waals surface area contributed by atoms with Crippen molar-refractivity contribution in [3.05, 3.63) is 133 Å². The number of hydrogen-bond acceptors (Lipinski definition) is 2. The van der Waals surface area contributed by atoms with Gasteiger partial charge in [0, 0.05) is 36.6 Å². The van der Waals surface area contributed by atoms with Crippen molar-refractivity contribution in [1.82, 2.24) is 9.97 Å². The van der Waals surface area contributed by atoms with Gasteiger partial charge in [-0.15, -0.1) is 71.8 Å². The van der Waals surface area contributed by atoms with E-state index in [2.05, 4.69) is 59.4 Å². The van der Waals surface area contributed by atoms with Gasteiger partial charge in [0.05, 0.1) is 0 Å². The Morgan fingerprint density at radius 2 is 1.27 bits per heavy atom. The molecule has 5 rings (SSSR count). The molecule has 33 heavy (non-hydrogen) atoms. The van der Waals surface area contributed by atoms with Gasteiger partial charge in [-0.1, -0.05) is 48.5 Å². The third kappa shape index (κ3) is 6.55. The van der Waals surface area contributed by atoms with Gasteiger partial charge in [0.25, 0.3) is 0 Å². The van der Waals surface area contributed by atoms with E-state index in [0.717, 1.165) is 28.1 Å². The summed E-state index contributed by atoms with van der Waals surface area (Å²) in [6.45, 7) is 0.0279. The molecule has 0 aliphatic rings.